The molecule has 3 amide bonds. The van der Waals surface area contributed by atoms with Crippen LogP contribution in [0.15, 0.2) is 24.3 Å². The molecule has 0 aliphatic carbocycles. The summed E-state index contributed by atoms with van der Waals surface area (Å²) in [5, 5.41) is 4.71. The number of carbonyl (C=O) groups is 2. The predicted molar refractivity (Wildman–Crippen MR) is 88.8 cm³/mol. The van der Waals surface area contributed by atoms with Gasteiger partial charge in [-0.2, -0.15) is 0 Å². The number of piperazine rings is 1. The van der Waals surface area contributed by atoms with Gasteiger partial charge in [0.25, 0.3) is 0 Å². The molecule has 0 saturated carbocycles. The first-order chi connectivity index (χ1) is 11.1. The maximum absolute atomic E-state index is 12.0. The quantitative estimate of drug-likeness (QED) is 0.853. The van der Waals surface area contributed by atoms with Gasteiger partial charge in [0.05, 0.1) is 18.8 Å². The van der Waals surface area contributed by atoms with E-state index < -0.39 is 6.03 Å². The summed E-state index contributed by atoms with van der Waals surface area (Å²) >= 11 is 0. The van der Waals surface area contributed by atoms with Crippen molar-refractivity contribution in [2.75, 3.05) is 45.2 Å². The number of amides is 3. The van der Waals surface area contributed by atoms with E-state index in [1.54, 1.807) is 7.11 Å². The largest absolute Gasteiger partial charge is 0.495 e. The van der Waals surface area contributed by atoms with Crippen LogP contribution in [0.3, 0.4) is 0 Å². The number of hydrogen-bond donors (Lipinski definition) is 2. The monoisotopic (exact) mass is 320 g/mol. The molecule has 0 bridgehead atoms. The minimum atomic E-state index is -0.477. The topological polar surface area (TPSA) is 73.9 Å². The Morgan fingerprint density at radius 2 is 1.83 bits per heavy atom. The van der Waals surface area contributed by atoms with Crippen LogP contribution in [0, 0.1) is 0 Å². The van der Waals surface area contributed by atoms with Crippen molar-refractivity contribution >= 4 is 17.6 Å². The van der Waals surface area contributed by atoms with Gasteiger partial charge >= 0.3 is 6.03 Å². The fraction of sp³-hybridized carbons (Fsp3) is 0.500. The second kappa shape index (κ2) is 7.82. The van der Waals surface area contributed by atoms with Gasteiger partial charge in [0.1, 0.15) is 5.75 Å². The van der Waals surface area contributed by atoms with Crippen LogP contribution >= 0.6 is 0 Å². The van der Waals surface area contributed by atoms with Crippen LogP contribution in [0.2, 0.25) is 0 Å². The first-order valence-corrected chi connectivity index (χ1v) is 7.71. The molecule has 1 aliphatic heterocycles. The van der Waals surface area contributed by atoms with Crippen molar-refractivity contribution in [3.63, 3.8) is 0 Å². The van der Waals surface area contributed by atoms with E-state index in [2.05, 4.69) is 20.4 Å². The van der Waals surface area contributed by atoms with Crippen LogP contribution < -0.4 is 20.3 Å². The standard InChI is InChI=1S/C16H24N4O3/c1-12(15(21)18-16(22)17-2)19-8-10-20(11-9-19)13-6-4-5-7-14(13)23-3/h4-7,12H,8-11H2,1-3H3,(H2,17,18,21,22)/t12-/m1/s1. The van der Waals surface area contributed by atoms with Gasteiger partial charge in [-0.05, 0) is 19.1 Å². The average Bonchev–Trinajstić information content (AvgIpc) is 2.60. The van der Waals surface area contributed by atoms with Crippen LogP contribution in [-0.2, 0) is 4.79 Å². The third-order valence-electron chi connectivity index (χ3n) is 4.13. The number of methoxy groups -OCH3 is 1. The summed E-state index contributed by atoms with van der Waals surface area (Å²) < 4.78 is 5.40. The zero-order valence-electron chi connectivity index (χ0n) is 13.8. The summed E-state index contributed by atoms with van der Waals surface area (Å²) in [6, 6.07) is 7.10. The van der Waals surface area contributed by atoms with E-state index in [1.165, 1.54) is 7.05 Å². The van der Waals surface area contributed by atoms with Gasteiger partial charge < -0.3 is 15.0 Å². The normalized spacial score (nSPS) is 16.6. The SMILES string of the molecule is CNC(=O)NC(=O)[C@@H](C)N1CCN(c2ccccc2OC)CC1. The molecule has 7 heteroatoms. The summed E-state index contributed by atoms with van der Waals surface area (Å²) in [7, 11) is 3.15. The van der Waals surface area contributed by atoms with Crippen molar-refractivity contribution in [2.24, 2.45) is 0 Å². The Bertz CT molecular complexity index is 556. The number of imide groups is 1. The summed E-state index contributed by atoms with van der Waals surface area (Å²) in [5.41, 5.74) is 1.07. The fourth-order valence-corrected chi connectivity index (χ4v) is 2.69. The Labute approximate surface area is 136 Å². The van der Waals surface area contributed by atoms with Gasteiger partial charge in [-0.25, -0.2) is 4.79 Å². The van der Waals surface area contributed by atoms with Crippen LogP contribution in [0.5, 0.6) is 5.75 Å². The minimum Gasteiger partial charge on any atom is -0.495 e. The second-order valence-electron chi connectivity index (χ2n) is 5.44. The van der Waals surface area contributed by atoms with Crippen LogP contribution in [0.25, 0.3) is 0 Å². The lowest BCUT2D eigenvalue weighted by molar-refractivity contribution is -0.124. The van der Waals surface area contributed by atoms with Crippen molar-refractivity contribution < 1.29 is 14.3 Å². The maximum atomic E-state index is 12.0. The summed E-state index contributed by atoms with van der Waals surface area (Å²) in [5.74, 6) is 0.571. The lowest BCUT2D eigenvalue weighted by atomic mass is 10.2. The minimum absolute atomic E-state index is 0.282. The molecule has 1 aromatic rings. The van der Waals surface area contributed by atoms with Crippen LogP contribution in [0.4, 0.5) is 10.5 Å². The molecule has 126 valence electrons. The van der Waals surface area contributed by atoms with Crippen molar-refractivity contribution in [3.8, 4) is 5.75 Å². The molecule has 2 rings (SSSR count). The van der Waals surface area contributed by atoms with Crippen molar-refractivity contribution in [2.45, 2.75) is 13.0 Å². The molecular formula is C16H24N4O3. The Hall–Kier alpha value is -2.28. The van der Waals surface area contributed by atoms with Crippen LogP contribution in [-0.4, -0.2) is 63.2 Å². The van der Waals surface area contributed by atoms with Gasteiger partial charge in [0, 0.05) is 33.2 Å². The number of rotatable bonds is 4. The molecule has 0 radical (unpaired) electrons. The highest BCUT2D eigenvalue weighted by molar-refractivity contribution is 5.96. The lowest BCUT2D eigenvalue weighted by Crippen LogP contribution is -2.55. The van der Waals surface area contributed by atoms with E-state index in [1.807, 2.05) is 31.2 Å². The number of nitrogens with zero attached hydrogens (tertiary/aromatic N) is 2. The third kappa shape index (κ3) is 4.13. The lowest BCUT2D eigenvalue weighted by Gasteiger charge is -2.38. The molecule has 1 heterocycles. The summed E-state index contributed by atoms with van der Waals surface area (Å²) in [4.78, 5) is 27.6. The first-order valence-electron chi connectivity index (χ1n) is 7.71. The van der Waals surface area contributed by atoms with Crippen molar-refractivity contribution in [1.29, 1.82) is 0 Å². The van der Waals surface area contributed by atoms with E-state index in [9.17, 15) is 9.59 Å². The Morgan fingerprint density at radius 1 is 1.17 bits per heavy atom. The number of carbonyl (C=O) groups excluding carboxylic acids is 2. The Morgan fingerprint density at radius 3 is 2.43 bits per heavy atom. The molecule has 1 saturated heterocycles. The average molecular weight is 320 g/mol. The molecular weight excluding hydrogens is 296 g/mol. The molecule has 1 aromatic carbocycles. The van der Waals surface area contributed by atoms with E-state index >= 15 is 0 Å². The highest BCUT2D eigenvalue weighted by Crippen LogP contribution is 2.28. The molecule has 1 atom stereocenters. The van der Waals surface area contributed by atoms with E-state index in [0.29, 0.717) is 0 Å². The number of hydrogen-bond acceptors (Lipinski definition) is 5. The summed E-state index contributed by atoms with van der Waals surface area (Å²) in [6.07, 6.45) is 0. The number of anilines is 1. The summed E-state index contributed by atoms with van der Waals surface area (Å²) in [6.45, 7) is 4.92. The molecule has 23 heavy (non-hydrogen) atoms. The van der Waals surface area contributed by atoms with Gasteiger partial charge in [0.2, 0.25) is 5.91 Å². The molecule has 7 nitrogen and oxygen atoms in total. The Kier molecular flexibility index (Phi) is 5.81. The zero-order valence-corrected chi connectivity index (χ0v) is 13.8. The number of para-hydroxylation sites is 2. The highest BCUT2D eigenvalue weighted by atomic mass is 16.5. The van der Waals surface area contributed by atoms with Crippen LogP contribution in [0.1, 0.15) is 6.92 Å². The number of nitrogens with one attached hydrogen (secondary N) is 2. The van der Waals surface area contributed by atoms with Gasteiger partial charge in [-0.3, -0.25) is 15.0 Å². The van der Waals surface area contributed by atoms with Gasteiger partial charge in [0.15, 0.2) is 0 Å². The highest BCUT2D eigenvalue weighted by Gasteiger charge is 2.27. The molecule has 0 unspecified atom stereocenters. The molecule has 1 fully saturated rings. The molecule has 2 N–H and O–H groups in total. The zero-order chi connectivity index (χ0) is 16.8. The number of benzene rings is 1. The fourth-order valence-electron chi connectivity index (χ4n) is 2.69. The molecule has 1 aliphatic rings. The molecule has 0 aromatic heterocycles. The predicted octanol–water partition coefficient (Wildman–Crippen LogP) is 0.661. The maximum Gasteiger partial charge on any atom is 0.321 e. The molecule has 0 spiro atoms. The van der Waals surface area contributed by atoms with E-state index in [0.717, 1.165) is 37.6 Å². The third-order valence-corrected chi connectivity index (χ3v) is 4.13. The van der Waals surface area contributed by atoms with E-state index in [-0.39, 0.29) is 11.9 Å². The van der Waals surface area contributed by atoms with E-state index in [4.69, 9.17) is 4.74 Å². The van der Waals surface area contributed by atoms with Gasteiger partial charge in [-0.1, -0.05) is 12.1 Å². The van der Waals surface area contributed by atoms with Crippen molar-refractivity contribution in [1.82, 2.24) is 15.5 Å². The van der Waals surface area contributed by atoms with Gasteiger partial charge in [-0.15, -0.1) is 0 Å². The number of ether oxygens (including phenoxy) is 1. The second-order valence-corrected chi connectivity index (χ2v) is 5.44. The van der Waals surface area contributed by atoms with Crippen molar-refractivity contribution in [3.05, 3.63) is 24.3 Å². The Balaban J connectivity index is 1.93. The number of urea groups is 1. The smallest absolute Gasteiger partial charge is 0.321 e. The first kappa shape index (κ1) is 17.1.